The number of aryl methyl sites for hydroxylation is 1. The maximum absolute atomic E-state index is 5.34. The van der Waals surface area contributed by atoms with Crippen LogP contribution in [0.4, 0.5) is 0 Å². The molecule has 0 bridgehead atoms. The van der Waals surface area contributed by atoms with Gasteiger partial charge in [-0.15, -0.1) is 0 Å². The molecule has 0 heterocycles. The lowest BCUT2D eigenvalue weighted by Gasteiger charge is -2.21. The summed E-state index contributed by atoms with van der Waals surface area (Å²) in [5.74, 6) is 2.31. The fraction of sp³-hybridized carbons (Fsp3) is 0.562. The van der Waals surface area contributed by atoms with Crippen molar-refractivity contribution in [3.8, 4) is 5.75 Å². The van der Waals surface area contributed by atoms with E-state index in [2.05, 4.69) is 54.6 Å². The van der Waals surface area contributed by atoms with Crippen molar-refractivity contribution in [1.29, 1.82) is 0 Å². The summed E-state index contributed by atoms with van der Waals surface area (Å²) in [6.07, 6.45) is 0. The zero-order valence-electron chi connectivity index (χ0n) is 13.4. The summed E-state index contributed by atoms with van der Waals surface area (Å²) in [6, 6.07) is 6.61. The van der Waals surface area contributed by atoms with Crippen LogP contribution in [0.1, 0.15) is 31.9 Å². The van der Waals surface area contributed by atoms with Crippen molar-refractivity contribution in [3.63, 3.8) is 0 Å². The summed E-state index contributed by atoms with van der Waals surface area (Å²) in [5.41, 5.74) is 2.32. The Labute approximate surface area is 122 Å². The van der Waals surface area contributed by atoms with Gasteiger partial charge in [0.05, 0.1) is 7.11 Å². The Morgan fingerprint density at radius 3 is 2.55 bits per heavy atom. The van der Waals surface area contributed by atoms with Gasteiger partial charge in [0.25, 0.3) is 0 Å². The van der Waals surface area contributed by atoms with E-state index in [0.717, 1.165) is 23.8 Å². The average molecular weight is 277 g/mol. The highest BCUT2D eigenvalue weighted by Gasteiger charge is 2.09. The van der Waals surface area contributed by atoms with Gasteiger partial charge in [-0.3, -0.25) is 4.99 Å². The van der Waals surface area contributed by atoms with Gasteiger partial charge in [0.1, 0.15) is 5.75 Å². The Morgan fingerprint density at radius 1 is 1.30 bits per heavy atom. The molecule has 112 valence electrons. The third kappa shape index (κ3) is 4.76. The standard InChI is InChI=1S/C16H27N3O/c1-11(2)13(4)19-16(17-5)18-10-14-8-7-12(3)15(9-14)20-6/h7-9,11,13H,10H2,1-6H3,(H2,17,18,19). The predicted octanol–water partition coefficient (Wildman–Crippen LogP) is 2.71. The molecule has 0 spiro atoms. The van der Waals surface area contributed by atoms with Crippen LogP contribution >= 0.6 is 0 Å². The van der Waals surface area contributed by atoms with Gasteiger partial charge in [-0.05, 0) is 37.0 Å². The van der Waals surface area contributed by atoms with E-state index in [4.69, 9.17) is 4.74 Å². The summed E-state index contributed by atoms with van der Waals surface area (Å²) in [5, 5.41) is 6.71. The zero-order chi connectivity index (χ0) is 15.1. The van der Waals surface area contributed by atoms with E-state index >= 15 is 0 Å². The summed E-state index contributed by atoms with van der Waals surface area (Å²) in [7, 11) is 3.49. The molecule has 0 radical (unpaired) electrons. The largest absolute Gasteiger partial charge is 0.496 e. The summed E-state index contributed by atoms with van der Waals surface area (Å²) >= 11 is 0. The Balaban J connectivity index is 2.61. The lowest BCUT2D eigenvalue weighted by molar-refractivity contribution is 0.411. The molecule has 0 aliphatic carbocycles. The third-order valence-corrected chi connectivity index (χ3v) is 3.52. The minimum Gasteiger partial charge on any atom is -0.496 e. The van der Waals surface area contributed by atoms with E-state index in [1.54, 1.807) is 14.2 Å². The molecule has 0 amide bonds. The number of hydrogen-bond donors (Lipinski definition) is 2. The molecule has 1 aromatic carbocycles. The molecule has 0 saturated carbocycles. The van der Waals surface area contributed by atoms with Crippen molar-refractivity contribution < 1.29 is 4.74 Å². The van der Waals surface area contributed by atoms with Crippen LogP contribution in [0.3, 0.4) is 0 Å². The highest BCUT2D eigenvalue weighted by molar-refractivity contribution is 5.79. The number of methoxy groups -OCH3 is 1. The van der Waals surface area contributed by atoms with Crippen molar-refractivity contribution in [2.75, 3.05) is 14.2 Å². The molecule has 4 nitrogen and oxygen atoms in total. The Kier molecular flexibility index (Phi) is 6.36. The quantitative estimate of drug-likeness (QED) is 0.642. The second-order valence-electron chi connectivity index (χ2n) is 5.41. The lowest BCUT2D eigenvalue weighted by atomic mass is 10.1. The van der Waals surface area contributed by atoms with E-state index in [1.807, 2.05) is 6.92 Å². The van der Waals surface area contributed by atoms with E-state index in [9.17, 15) is 0 Å². The van der Waals surface area contributed by atoms with Gasteiger partial charge in [-0.2, -0.15) is 0 Å². The van der Waals surface area contributed by atoms with Crippen molar-refractivity contribution in [2.45, 2.75) is 40.3 Å². The first kappa shape index (κ1) is 16.3. The van der Waals surface area contributed by atoms with Crippen LogP contribution in [-0.2, 0) is 6.54 Å². The molecule has 0 aliphatic rings. The Morgan fingerprint density at radius 2 is 2.00 bits per heavy atom. The van der Waals surface area contributed by atoms with E-state index < -0.39 is 0 Å². The highest BCUT2D eigenvalue weighted by atomic mass is 16.5. The predicted molar refractivity (Wildman–Crippen MR) is 85.4 cm³/mol. The summed E-state index contributed by atoms with van der Waals surface area (Å²) in [6.45, 7) is 9.31. The molecule has 20 heavy (non-hydrogen) atoms. The van der Waals surface area contributed by atoms with E-state index in [1.165, 1.54) is 5.56 Å². The molecular formula is C16H27N3O. The second-order valence-corrected chi connectivity index (χ2v) is 5.41. The molecule has 0 aliphatic heterocycles. The summed E-state index contributed by atoms with van der Waals surface area (Å²) in [4.78, 5) is 4.25. The maximum atomic E-state index is 5.34. The van der Waals surface area contributed by atoms with Crippen molar-refractivity contribution >= 4 is 5.96 Å². The molecule has 1 unspecified atom stereocenters. The number of guanidine groups is 1. The van der Waals surface area contributed by atoms with Gasteiger partial charge in [0, 0.05) is 19.6 Å². The minimum absolute atomic E-state index is 0.383. The molecule has 1 atom stereocenters. The molecule has 0 saturated heterocycles. The van der Waals surface area contributed by atoms with Gasteiger partial charge >= 0.3 is 0 Å². The first-order chi connectivity index (χ1) is 9.47. The van der Waals surface area contributed by atoms with Gasteiger partial charge in [0.15, 0.2) is 5.96 Å². The molecule has 0 aromatic heterocycles. The molecule has 2 N–H and O–H groups in total. The number of hydrogen-bond acceptors (Lipinski definition) is 2. The number of aliphatic imine (C=N–C) groups is 1. The van der Waals surface area contributed by atoms with Crippen LogP contribution in [0, 0.1) is 12.8 Å². The number of nitrogens with one attached hydrogen (secondary N) is 2. The normalized spacial score (nSPS) is 13.2. The van der Waals surface area contributed by atoms with Gasteiger partial charge in [0.2, 0.25) is 0 Å². The van der Waals surface area contributed by atoms with Gasteiger partial charge in [-0.1, -0.05) is 26.0 Å². The SMILES string of the molecule is CN=C(NCc1ccc(C)c(OC)c1)NC(C)C(C)C. The Hall–Kier alpha value is -1.71. The number of nitrogens with zero attached hydrogens (tertiary/aromatic N) is 1. The highest BCUT2D eigenvalue weighted by Crippen LogP contribution is 2.18. The van der Waals surface area contributed by atoms with Crippen molar-refractivity contribution in [1.82, 2.24) is 10.6 Å². The van der Waals surface area contributed by atoms with Gasteiger partial charge < -0.3 is 15.4 Å². The lowest BCUT2D eigenvalue weighted by Crippen LogP contribution is -2.43. The second kappa shape index (κ2) is 7.78. The Bertz CT molecular complexity index is 455. The van der Waals surface area contributed by atoms with Gasteiger partial charge in [-0.25, -0.2) is 0 Å². The van der Waals surface area contributed by atoms with Crippen LogP contribution in [0.2, 0.25) is 0 Å². The molecule has 4 heteroatoms. The number of rotatable bonds is 5. The molecule has 1 rings (SSSR count). The minimum atomic E-state index is 0.383. The first-order valence-corrected chi connectivity index (χ1v) is 7.08. The molecule has 0 fully saturated rings. The fourth-order valence-corrected chi connectivity index (χ4v) is 1.74. The summed E-state index contributed by atoms with van der Waals surface area (Å²) < 4.78 is 5.34. The van der Waals surface area contributed by atoms with Crippen LogP contribution < -0.4 is 15.4 Å². The molecule has 1 aromatic rings. The zero-order valence-corrected chi connectivity index (χ0v) is 13.4. The van der Waals surface area contributed by atoms with E-state index in [-0.39, 0.29) is 0 Å². The van der Waals surface area contributed by atoms with Crippen LogP contribution in [-0.4, -0.2) is 26.2 Å². The number of benzene rings is 1. The van der Waals surface area contributed by atoms with E-state index in [0.29, 0.717) is 12.0 Å². The monoisotopic (exact) mass is 277 g/mol. The number of ether oxygens (including phenoxy) is 1. The topological polar surface area (TPSA) is 45.7 Å². The average Bonchev–Trinajstić information content (AvgIpc) is 2.44. The fourth-order valence-electron chi connectivity index (χ4n) is 1.74. The van der Waals surface area contributed by atoms with Crippen LogP contribution in [0.25, 0.3) is 0 Å². The third-order valence-electron chi connectivity index (χ3n) is 3.52. The maximum Gasteiger partial charge on any atom is 0.191 e. The van der Waals surface area contributed by atoms with Crippen LogP contribution in [0.15, 0.2) is 23.2 Å². The van der Waals surface area contributed by atoms with Crippen LogP contribution in [0.5, 0.6) is 5.75 Å². The van der Waals surface area contributed by atoms with Crippen molar-refractivity contribution in [2.24, 2.45) is 10.9 Å². The smallest absolute Gasteiger partial charge is 0.191 e. The van der Waals surface area contributed by atoms with Crippen molar-refractivity contribution in [3.05, 3.63) is 29.3 Å². The first-order valence-electron chi connectivity index (χ1n) is 7.08. The molecular weight excluding hydrogens is 250 g/mol.